The fraction of sp³-hybridized carbons (Fsp3) is 0.308. The average Bonchev–Trinajstić information content (AvgIpc) is 2.90. The zero-order valence-electron chi connectivity index (χ0n) is 9.32. The third-order valence-corrected chi connectivity index (χ3v) is 3.41. The van der Waals surface area contributed by atoms with Crippen molar-refractivity contribution in [1.82, 2.24) is 0 Å². The Balaban J connectivity index is 2.22. The van der Waals surface area contributed by atoms with Gasteiger partial charge in [-0.15, -0.1) is 0 Å². The third-order valence-electron chi connectivity index (χ3n) is 2.94. The van der Waals surface area contributed by atoms with Gasteiger partial charge >= 0.3 is 5.97 Å². The van der Waals surface area contributed by atoms with Gasteiger partial charge in [-0.05, 0) is 5.56 Å². The second-order valence-corrected chi connectivity index (χ2v) is 4.69. The number of ether oxygens (including phenoxy) is 1. The Morgan fingerprint density at radius 3 is 2.53 bits per heavy atom. The minimum atomic E-state index is -2.02. The molecule has 1 aromatic rings. The molecule has 1 aromatic carbocycles. The first kappa shape index (κ1) is 12.1. The molecular weight excluding hydrogens is 243 g/mol. The van der Waals surface area contributed by atoms with E-state index in [-0.39, 0.29) is 6.42 Å². The van der Waals surface area contributed by atoms with E-state index in [1.54, 1.807) is 6.08 Å². The number of carbonyl (C=O) groups excluding carboxylic acids is 1. The van der Waals surface area contributed by atoms with Crippen LogP contribution < -0.4 is 0 Å². The monoisotopic (exact) mass is 254 g/mol. The molecule has 0 spiro atoms. The molecule has 0 unspecified atom stereocenters. The lowest BCUT2D eigenvalue weighted by Crippen LogP contribution is -2.21. The van der Waals surface area contributed by atoms with E-state index in [1.807, 2.05) is 30.3 Å². The fourth-order valence-corrected chi connectivity index (χ4v) is 2.11. The van der Waals surface area contributed by atoms with E-state index in [9.17, 15) is 9.18 Å². The Bertz CT molecular complexity index is 456. The van der Waals surface area contributed by atoms with Crippen molar-refractivity contribution in [2.45, 2.75) is 11.5 Å². The Kier molecular flexibility index (Phi) is 2.96. The largest absolute Gasteiger partial charge is 0.468 e. The lowest BCUT2D eigenvalue weighted by Gasteiger charge is -2.09. The second-order valence-electron chi connectivity index (χ2n) is 4.09. The number of halogens is 2. The lowest BCUT2D eigenvalue weighted by atomic mass is 10.0. The molecule has 2 rings (SSSR count). The summed E-state index contributed by atoms with van der Waals surface area (Å²) in [6.07, 6.45) is 3.12. The van der Waals surface area contributed by atoms with Crippen LogP contribution in [-0.4, -0.2) is 18.2 Å². The highest BCUT2D eigenvalue weighted by Crippen LogP contribution is 2.64. The Hall–Kier alpha value is -1.35. The zero-order chi connectivity index (χ0) is 12.5. The predicted molar refractivity (Wildman–Crippen MR) is 64.2 cm³/mol. The molecule has 0 radical (unpaired) electrons. The molecule has 2 atom stereocenters. The van der Waals surface area contributed by atoms with Crippen molar-refractivity contribution < 1.29 is 13.9 Å². The summed E-state index contributed by atoms with van der Waals surface area (Å²) in [5, 5.41) is -2.02. The minimum Gasteiger partial charge on any atom is -0.468 e. The van der Waals surface area contributed by atoms with Gasteiger partial charge in [0.05, 0.1) is 7.11 Å². The summed E-state index contributed by atoms with van der Waals surface area (Å²) in [5.41, 5.74) is -0.450. The Labute approximate surface area is 104 Å². The van der Waals surface area contributed by atoms with E-state index in [0.29, 0.717) is 0 Å². The first-order valence-corrected chi connectivity index (χ1v) is 5.60. The van der Waals surface area contributed by atoms with Crippen molar-refractivity contribution in [2.24, 2.45) is 5.41 Å². The number of methoxy groups -OCH3 is 1. The molecule has 0 aliphatic heterocycles. The van der Waals surface area contributed by atoms with Crippen LogP contribution in [0.15, 0.2) is 36.4 Å². The number of hydrogen-bond acceptors (Lipinski definition) is 2. The van der Waals surface area contributed by atoms with Gasteiger partial charge in [0, 0.05) is 6.42 Å². The summed E-state index contributed by atoms with van der Waals surface area (Å²) in [6.45, 7) is 0. The van der Waals surface area contributed by atoms with Crippen molar-refractivity contribution in [1.29, 1.82) is 0 Å². The number of alkyl halides is 2. The van der Waals surface area contributed by atoms with Gasteiger partial charge in [0.25, 0.3) is 0 Å². The highest BCUT2D eigenvalue weighted by atomic mass is 35.5. The quantitative estimate of drug-likeness (QED) is 0.612. The molecule has 0 heterocycles. The van der Waals surface area contributed by atoms with Gasteiger partial charge in [-0.25, -0.2) is 4.39 Å². The maximum atomic E-state index is 13.7. The normalized spacial score (nSPS) is 31.5. The fourth-order valence-electron chi connectivity index (χ4n) is 1.76. The second kappa shape index (κ2) is 4.15. The van der Waals surface area contributed by atoms with E-state index < -0.39 is 16.5 Å². The van der Waals surface area contributed by atoms with Crippen molar-refractivity contribution >= 4 is 23.6 Å². The first-order chi connectivity index (χ1) is 8.02. The highest BCUT2D eigenvalue weighted by molar-refractivity contribution is 6.28. The van der Waals surface area contributed by atoms with Crippen LogP contribution in [0, 0.1) is 5.41 Å². The molecule has 2 nitrogen and oxygen atoms in total. The SMILES string of the molecule is COC(=O)[C@@]1(/C=C/c2ccccc2)C[C@]1(F)Cl. The smallest absolute Gasteiger partial charge is 0.320 e. The van der Waals surface area contributed by atoms with Gasteiger partial charge in [-0.1, -0.05) is 54.1 Å². The number of hydrogen-bond donors (Lipinski definition) is 0. The average molecular weight is 255 g/mol. The van der Waals surface area contributed by atoms with E-state index in [0.717, 1.165) is 5.56 Å². The highest BCUT2D eigenvalue weighted by Gasteiger charge is 2.73. The molecule has 1 saturated carbocycles. The number of benzene rings is 1. The molecule has 17 heavy (non-hydrogen) atoms. The standard InChI is InChI=1S/C13H12ClFO2/c1-17-11(16)12(9-13(12,14)15)8-7-10-5-3-2-4-6-10/h2-8H,9H2,1H3/b8-7+/t12-,13-/m1/s1. The van der Waals surface area contributed by atoms with Gasteiger partial charge in [0.2, 0.25) is 5.13 Å². The molecule has 0 bridgehead atoms. The first-order valence-electron chi connectivity index (χ1n) is 5.22. The maximum Gasteiger partial charge on any atom is 0.320 e. The molecule has 0 aromatic heterocycles. The van der Waals surface area contributed by atoms with Crippen molar-refractivity contribution in [3.63, 3.8) is 0 Å². The summed E-state index contributed by atoms with van der Waals surface area (Å²) in [6, 6.07) is 9.32. The topological polar surface area (TPSA) is 26.3 Å². The van der Waals surface area contributed by atoms with E-state index >= 15 is 0 Å². The van der Waals surface area contributed by atoms with Gasteiger partial charge in [-0.3, -0.25) is 4.79 Å². The van der Waals surface area contributed by atoms with Crippen molar-refractivity contribution in [2.75, 3.05) is 7.11 Å². The van der Waals surface area contributed by atoms with Crippen LogP contribution >= 0.6 is 11.6 Å². The molecule has 4 heteroatoms. The predicted octanol–water partition coefficient (Wildman–Crippen LogP) is 3.17. The lowest BCUT2D eigenvalue weighted by molar-refractivity contribution is -0.146. The Morgan fingerprint density at radius 1 is 1.47 bits per heavy atom. The van der Waals surface area contributed by atoms with Crippen LogP contribution in [0.4, 0.5) is 4.39 Å². The summed E-state index contributed by atoms with van der Waals surface area (Å²) >= 11 is 5.59. The van der Waals surface area contributed by atoms with Gasteiger partial charge in [-0.2, -0.15) is 0 Å². The van der Waals surface area contributed by atoms with Crippen LogP contribution in [0.1, 0.15) is 12.0 Å². The number of carbonyl (C=O) groups is 1. The Morgan fingerprint density at radius 2 is 2.06 bits per heavy atom. The summed E-state index contributed by atoms with van der Waals surface area (Å²) in [4.78, 5) is 11.5. The van der Waals surface area contributed by atoms with Crippen molar-refractivity contribution in [3.05, 3.63) is 42.0 Å². The number of esters is 1. The summed E-state index contributed by atoms with van der Waals surface area (Å²) < 4.78 is 18.3. The molecule has 90 valence electrons. The van der Waals surface area contributed by atoms with Crippen LogP contribution in [0.2, 0.25) is 0 Å². The number of rotatable bonds is 3. The van der Waals surface area contributed by atoms with E-state index in [2.05, 4.69) is 4.74 Å². The molecule has 1 aliphatic carbocycles. The van der Waals surface area contributed by atoms with Gasteiger partial charge < -0.3 is 4.74 Å². The molecule has 1 fully saturated rings. The zero-order valence-corrected chi connectivity index (χ0v) is 10.1. The molecule has 0 saturated heterocycles. The molecule has 0 N–H and O–H groups in total. The molecular formula is C13H12ClFO2. The van der Waals surface area contributed by atoms with Gasteiger partial charge in [0.1, 0.15) is 5.41 Å². The minimum absolute atomic E-state index is 0.0441. The summed E-state index contributed by atoms with van der Waals surface area (Å²) in [7, 11) is 1.23. The molecule has 0 amide bonds. The van der Waals surface area contributed by atoms with E-state index in [1.165, 1.54) is 13.2 Å². The maximum absolute atomic E-state index is 13.7. The van der Waals surface area contributed by atoms with Gasteiger partial charge in [0.15, 0.2) is 0 Å². The van der Waals surface area contributed by atoms with Crippen LogP contribution in [0.3, 0.4) is 0 Å². The molecule has 1 aliphatic rings. The van der Waals surface area contributed by atoms with Crippen LogP contribution in [0.25, 0.3) is 6.08 Å². The van der Waals surface area contributed by atoms with E-state index in [4.69, 9.17) is 11.6 Å². The van der Waals surface area contributed by atoms with Crippen LogP contribution in [-0.2, 0) is 9.53 Å². The summed E-state index contributed by atoms with van der Waals surface area (Å²) in [5.74, 6) is -0.637. The van der Waals surface area contributed by atoms with Crippen molar-refractivity contribution in [3.8, 4) is 0 Å². The van der Waals surface area contributed by atoms with Crippen LogP contribution in [0.5, 0.6) is 0 Å². The third kappa shape index (κ3) is 2.07.